The summed E-state index contributed by atoms with van der Waals surface area (Å²) in [6.45, 7) is -0.222. The molecule has 1 aromatic rings. The van der Waals surface area contributed by atoms with Crippen LogP contribution in [0.5, 0.6) is 0 Å². The summed E-state index contributed by atoms with van der Waals surface area (Å²) in [6.07, 6.45) is 6.27. The molecule has 4 bridgehead atoms. The van der Waals surface area contributed by atoms with Gasteiger partial charge in [-0.2, -0.15) is 0 Å². The number of carbonyl (C=O) groups excluding carboxylic acids is 2. The number of hydrogen-bond acceptors (Lipinski definition) is 4. The first-order valence-corrected chi connectivity index (χ1v) is 10.5. The highest BCUT2D eigenvalue weighted by Crippen LogP contribution is 2.64. The van der Waals surface area contributed by atoms with Crippen LogP contribution in [0.3, 0.4) is 0 Å². The molecule has 0 aromatic heterocycles. The predicted octanol–water partition coefficient (Wildman–Crippen LogP) is 3.97. The maximum Gasteiger partial charge on any atom is 0.312 e. The van der Waals surface area contributed by atoms with Crippen molar-refractivity contribution in [3.63, 3.8) is 0 Å². The van der Waals surface area contributed by atoms with E-state index in [1.165, 1.54) is 19.3 Å². The standard InChI is InChI=1S/C21H27BrN2O3/c1-24(2)17-5-3-16(4-6-17)23-18(25)12-27-19(26)20-8-14-7-15(9-20)11-21(22,10-14)13-20/h3-6,14-15H,7-13H2,1-2H3,(H,23,25)/t14-,15+,20?,21?. The van der Waals surface area contributed by atoms with Crippen molar-refractivity contribution in [1.82, 2.24) is 0 Å². The van der Waals surface area contributed by atoms with Crippen molar-refractivity contribution in [2.24, 2.45) is 17.3 Å². The van der Waals surface area contributed by atoms with Crippen LogP contribution in [0.25, 0.3) is 0 Å². The summed E-state index contributed by atoms with van der Waals surface area (Å²) in [5.41, 5.74) is 1.38. The number of rotatable bonds is 5. The SMILES string of the molecule is CN(C)c1ccc(NC(=O)COC(=O)C23C[C@@H]4C[C@@H](CC(Br)(C4)C2)C3)cc1. The number of anilines is 2. The highest BCUT2D eigenvalue weighted by Gasteiger charge is 2.60. The van der Waals surface area contributed by atoms with Gasteiger partial charge in [-0.1, -0.05) is 15.9 Å². The summed E-state index contributed by atoms with van der Waals surface area (Å²) in [6, 6.07) is 7.57. The van der Waals surface area contributed by atoms with Crippen LogP contribution in [-0.2, 0) is 14.3 Å². The first kappa shape index (κ1) is 18.8. The van der Waals surface area contributed by atoms with E-state index >= 15 is 0 Å². The molecule has 6 heteroatoms. The number of nitrogens with zero attached hydrogens (tertiary/aromatic N) is 1. The van der Waals surface area contributed by atoms with Gasteiger partial charge < -0.3 is 15.0 Å². The molecule has 1 amide bonds. The van der Waals surface area contributed by atoms with E-state index in [2.05, 4.69) is 21.2 Å². The Morgan fingerprint density at radius 2 is 1.78 bits per heavy atom. The van der Waals surface area contributed by atoms with Gasteiger partial charge in [0.25, 0.3) is 5.91 Å². The van der Waals surface area contributed by atoms with Crippen molar-refractivity contribution < 1.29 is 14.3 Å². The summed E-state index contributed by atoms with van der Waals surface area (Å²) >= 11 is 3.91. The smallest absolute Gasteiger partial charge is 0.312 e. The topological polar surface area (TPSA) is 58.6 Å². The fourth-order valence-electron chi connectivity index (χ4n) is 5.71. The zero-order valence-corrected chi connectivity index (χ0v) is 17.5. The fraction of sp³-hybridized carbons (Fsp3) is 0.619. The van der Waals surface area contributed by atoms with Crippen molar-refractivity contribution in [2.75, 3.05) is 30.9 Å². The molecule has 0 spiro atoms. The molecule has 4 atom stereocenters. The van der Waals surface area contributed by atoms with E-state index in [9.17, 15) is 9.59 Å². The minimum absolute atomic E-state index is 0.104. The van der Waals surface area contributed by atoms with Gasteiger partial charge in [0.15, 0.2) is 6.61 Å². The van der Waals surface area contributed by atoms with Crippen LogP contribution in [0.4, 0.5) is 11.4 Å². The van der Waals surface area contributed by atoms with Gasteiger partial charge >= 0.3 is 5.97 Å². The lowest BCUT2D eigenvalue weighted by Gasteiger charge is -2.58. The Hall–Kier alpha value is -1.56. The highest BCUT2D eigenvalue weighted by molar-refractivity contribution is 9.10. The molecule has 1 N–H and O–H groups in total. The van der Waals surface area contributed by atoms with Crippen LogP contribution in [0.15, 0.2) is 24.3 Å². The van der Waals surface area contributed by atoms with Gasteiger partial charge in [0.2, 0.25) is 0 Å². The number of hydrogen-bond donors (Lipinski definition) is 1. The summed E-state index contributed by atoms with van der Waals surface area (Å²) in [5.74, 6) is 0.752. The second-order valence-electron chi connectivity index (χ2n) is 8.96. The third kappa shape index (κ3) is 3.73. The first-order chi connectivity index (χ1) is 12.8. The lowest BCUT2D eigenvalue weighted by molar-refractivity contribution is -0.170. The zero-order chi connectivity index (χ0) is 19.2. The minimum atomic E-state index is -0.388. The van der Waals surface area contributed by atoms with Crippen LogP contribution in [0.2, 0.25) is 0 Å². The Bertz CT molecular complexity index is 732. The van der Waals surface area contributed by atoms with Crippen molar-refractivity contribution in [1.29, 1.82) is 0 Å². The molecule has 0 saturated heterocycles. The Morgan fingerprint density at radius 1 is 1.15 bits per heavy atom. The van der Waals surface area contributed by atoms with Gasteiger partial charge in [0, 0.05) is 29.8 Å². The largest absolute Gasteiger partial charge is 0.455 e. The normalized spacial score (nSPS) is 33.6. The van der Waals surface area contributed by atoms with Gasteiger partial charge in [-0.05, 0) is 74.6 Å². The Balaban J connectivity index is 1.33. The molecule has 0 heterocycles. The van der Waals surface area contributed by atoms with Crippen molar-refractivity contribution in [3.05, 3.63) is 24.3 Å². The van der Waals surface area contributed by atoms with Crippen molar-refractivity contribution in [3.8, 4) is 0 Å². The summed E-state index contributed by atoms with van der Waals surface area (Å²) in [4.78, 5) is 27.1. The molecular formula is C21H27BrN2O3. The predicted molar refractivity (Wildman–Crippen MR) is 109 cm³/mol. The molecule has 5 nitrogen and oxygen atoms in total. The second kappa shape index (κ2) is 6.80. The first-order valence-electron chi connectivity index (χ1n) is 9.70. The lowest BCUT2D eigenvalue weighted by atomic mass is 9.49. The van der Waals surface area contributed by atoms with Crippen LogP contribution in [-0.4, -0.2) is 36.9 Å². The van der Waals surface area contributed by atoms with E-state index in [0.29, 0.717) is 17.5 Å². The third-order valence-electron chi connectivity index (χ3n) is 6.42. The Kier molecular flexibility index (Phi) is 4.73. The fourth-order valence-corrected chi connectivity index (χ4v) is 7.17. The van der Waals surface area contributed by atoms with E-state index < -0.39 is 0 Å². The van der Waals surface area contributed by atoms with Gasteiger partial charge in [0.1, 0.15) is 0 Å². The average Bonchev–Trinajstić information content (AvgIpc) is 2.58. The molecule has 2 unspecified atom stereocenters. The monoisotopic (exact) mass is 434 g/mol. The minimum Gasteiger partial charge on any atom is -0.455 e. The number of ether oxygens (including phenoxy) is 1. The summed E-state index contributed by atoms with van der Waals surface area (Å²) in [7, 11) is 3.93. The van der Waals surface area contributed by atoms with Gasteiger partial charge in [-0.25, -0.2) is 0 Å². The molecule has 0 aliphatic heterocycles. The number of alkyl halides is 1. The van der Waals surface area contributed by atoms with Crippen molar-refractivity contribution >= 4 is 39.2 Å². The average molecular weight is 435 g/mol. The molecule has 0 radical (unpaired) electrons. The third-order valence-corrected chi connectivity index (χ3v) is 7.35. The molecule has 4 aliphatic rings. The molecule has 4 saturated carbocycles. The number of halogens is 1. The molecule has 4 fully saturated rings. The van der Waals surface area contributed by atoms with Crippen LogP contribution >= 0.6 is 15.9 Å². The van der Waals surface area contributed by atoms with Crippen LogP contribution < -0.4 is 10.2 Å². The number of carbonyl (C=O) groups is 2. The van der Waals surface area contributed by atoms with Gasteiger partial charge in [0.05, 0.1) is 5.41 Å². The lowest BCUT2D eigenvalue weighted by Crippen LogP contribution is -2.56. The zero-order valence-electron chi connectivity index (χ0n) is 16.0. The van der Waals surface area contributed by atoms with Gasteiger partial charge in [-0.15, -0.1) is 0 Å². The Labute approximate surface area is 169 Å². The number of nitrogens with one attached hydrogen (secondary N) is 1. The van der Waals surface area contributed by atoms with Crippen molar-refractivity contribution in [2.45, 2.75) is 42.8 Å². The summed E-state index contributed by atoms with van der Waals surface area (Å²) < 4.78 is 5.59. The molecule has 4 aliphatic carbocycles. The van der Waals surface area contributed by atoms with E-state index in [1.807, 2.05) is 43.3 Å². The number of amides is 1. The maximum atomic E-state index is 12.9. The van der Waals surface area contributed by atoms with Crippen LogP contribution in [0, 0.1) is 17.3 Å². The number of benzene rings is 1. The second-order valence-corrected chi connectivity index (χ2v) is 10.6. The molecule has 5 rings (SSSR count). The highest BCUT2D eigenvalue weighted by atomic mass is 79.9. The van der Waals surface area contributed by atoms with Crippen LogP contribution in [0.1, 0.15) is 38.5 Å². The van der Waals surface area contributed by atoms with E-state index in [1.54, 1.807) is 0 Å². The molecule has 146 valence electrons. The van der Waals surface area contributed by atoms with Gasteiger partial charge in [-0.3, -0.25) is 9.59 Å². The Morgan fingerprint density at radius 3 is 2.33 bits per heavy atom. The summed E-state index contributed by atoms with van der Waals surface area (Å²) in [5, 5.41) is 2.80. The van der Waals surface area contributed by atoms with E-state index in [4.69, 9.17) is 4.74 Å². The molecular weight excluding hydrogens is 408 g/mol. The number of esters is 1. The molecule has 1 aromatic carbocycles. The quantitative estimate of drug-likeness (QED) is 0.562. The van der Waals surface area contributed by atoms with E-state index in [0.717, 1.165) is 24.9 Å². The maximum absolute atomic E-state index is 12.9. The molecule has 27 heavy (non-hydrogen) atoms. The van der Waals surface area contributed by atoms with E-state index in [-0.39, 0.29) is 28.2 Å².